The van der Waals surface area contributed by atoms with Crippen molar-refractivity contribution in [3.05, 3.63) is 24.0 Å². The van der Waals surface area contributed by atoms with Crippen LogP contribution in [0.25, 0.3) is 0 Å². The van der Waals surface area contributed by atoms with Gasteiger partial charge < -0.3 is 14.7 Å². The lowest BCUT2D eigenvalue weighted by atomic mass is 9.98. The van der Waals surface area contributed by atoms with Gasteiger partial charge >= 0.3 is 5.97 Å². The minimum Gasteiger partial charge on any atom is -0.494 e. The third kappa shape index (κ3) is 3.12. The summed E-state index contributed by atoms with van der Waals surface area (Å²) in [4.78, 5) is 12.5. The number of hydrogen-bond donors (Lipinski definition) is 1. The van der Waals surface area contributed by atoms with Crippen LogP contribution in [0.2, 0.25) is 0 Å². The number of hydrogen-bond acceptors (Lipinski definition) is 3. The molecule has 0 saturated carbocycles. The number of carbonyl (C=O) groups is 1. The van der Waals surface area contributed by atoms with Gasteiger partial charge in [0, 0.05) is 24.3 Å². The zero-order valence-electron chi connectivity index (χ0n) is 11.0. The van der Waals surface area contributed by atoms with Crippen molar-refractivity contribution in [1.82, 2.24) is 0 Å². The molecule has 0 heterocycles. The third-order valence-electron chi connectivity index (χ3n) is 3.01. The summed E-state index contributed by atoms with van der Waals surface area (Å²) in [6.07, 6.45) is -0.0306. The maximum absolute atomic E-state index is 13.6. The van der Waals surface area contributed by atoms with E-state index in [1.54, 1.807) is 31.9 Å². The van der Waals surface area contributed by atoms with Crippen LogP contribution in [0, 0.1) is 5.82 Å². The molecule has 1 aromatic carbocycles. The molecule has 0 unspecified atom stereocenters. The van der Waals surface area contributed by atoms with Crippen molar-refractivity contribution >= 4 is 11.7 Å². The Morgan fingerprint density at radius 3 is 2.56 bits per heavy atom. The van der Waals surface area contributed by atoms with Gasteiger partial charge in [-0.3, -0.25) is 4.79 Å². The second kappa shape index (κ2) is 5.25. The van der Waals surface area contributed by atoms with Crippen molar-refractivity contribution in [2.75, 3.05) is 19.1 Å². The van der Waals surface area contributed by atoms with Gasteiger partial charge in [0.2, 0.25) is 0 Å². The summed E-state index contributed by atoms with van der Waals surface area (Å²) >= 11 is 0. The summed E-state index contributed by atoms with van der Waals surface area (Å²) < 4.78 is 18.4. The highest BCUT2D eigenvalue weighted by Gasteiger charge is 2.27. The number of methoxy groups -OCH3 is 1. The number of rotatable bonds is 5. The smallest absolute Gasteiger partial charge is 0.305 e. The third-order valence-corrected chi connectivity index (χ3v) is 3.01. The zero-order chi connectivity index (χ0) is 13.9. The van der Waals surface area contributed by atoms with Crippen molar-refractivity contribution in [1.29, 1.82) is 0 Å². The van der Waals surface area contributed by atoms with Gasteiger partial charge in [0.1, 0.15) is 0 Å². The molecule has 18 heavy (non-hydrogen) atoms. The molecule has 0 aliphatic heterocycles. The summed E-state index contributed by atoms with van der Waals surface area (Å²) in [6.45, 7) is 3.59. The normalized spacial score (nSPS) is 11.2. The minimum absolute atomic E-state index is 0.0306. The molecular weight excluding hydrogens is 237 g/mol. The molecule has 5 heteroatoms. The van der Waals surface area contributed by atoms with E-state index < -0.39 is 17.3 Å². The molecule has 0 radical (unpaired) electrons. The molecule has 1 rings (SSSR count). The monoisotopic (exact) mass is 255 g/mol. The fourth-order valence-corrected chi connectivity index (χ4v) is 1.70. The lowest BCUT2D eigenvalue weighted by molar-refractivity contribution is -0.138. The van der Waals surface area contributed by atoms with E-state index in [2.05, 4.69) is 0 Å². The van der Waals surface area contributed by atoms with Gasteiger partial charge in [-0.2, -0.15) is 0 Å². The first-order chi connectivity index (χ1) is 8.27. The topological polar surface area (TPSA) is 49.8 Å². The van der Waals surface area contributed by atoms with Crippen LogP contribution in [0.5, 0.6) is 5.75 Å². The Kier molecular flexibility index (Phi) is 4.16. The summed E-state index contributed by atoms with van der Waals surface area (Å²) in [5.41, 5.74) is 0.00639. The van der Waals surface area contributed by atoms with Crippen LogP contribution in [-0.2, 0) is 4.79 Å². The van der Waals surface area contributed by atoms with E-state index >= 15 is 0 Å². The fraction of sp³-hybridized carbons (Fsp3) is 0.462. The number of aliphatic carboxylic acids is 1. The average molecular weight is 255 g/mol. The minimum atomic E-state index is -0.888. The van der Waals surface area contributed by atoms with Crippen LogP contribution in [0.1, 0.15) is 20.3 Å². The molecule has 0 aliphatic rings. The van der Waals surface area contributed by atoms with E-state index in [9.17, 15) is 9.18 Å². The summed E-state index contributed by atoms with van der Waals surface area (Å²) in [7, 11) is 3.14. The van der Waals surface area contributed by atoms with E-state index in [4.69, 9.17) is 9.84 Å². The Bertz CT molecular complexity index is 446. The Morgan fingerprint density at radius 2 is 2.11 bits per heavy atom. The standard InChI is InChI=1S/C13H18FNO3/c1-13(2,8-12(16)17)15(3)9-5-6-11(18-4)10(14)7-9/h5-7H,8H2,1-4H3,(H,16,17). The second-order valence-corrected chi connectivity index (χ2v) is 4.76. The molecule has 0 aromatic heterocycles. The first kappa shape index (κ1) is 14.3. The number of carboxylic acid groups (broad SMARTS) is 1. The highest BCUT2D eigenvalue weighted by atomic mass is 19.1. The lowest BCUT2D eigenvalue weighted by Gasteiger charge is -2.36. The van der Waals surface area contributed by atoms with Crippen LogP contribution < -0.4 is 9.64 Å². The predicted octanol–water partition coefficient (Wildman–Crippen LogP) is 2.52. The van der Waals surface area contributed by atoms with Crippen LogP contribution in [0.15, 0.2) is 18.2 Å². The largest absolute Gasteiger partial charge is 0.494 e. The first-order valence-electron chi connectivity index (χ1n) is 5.57. The van der Waals surface area contributed by atoms with Crippen molar-refractivity contribution in [3.8, 4) is 5.75 Å². The van der Waals surface area contributed by atoms with Crippen molar-refractivity contribution in [2.24, 2.45) is 0 Å². The molecule has 0 fully saturated rings. The van der Waals surface area contributed by atoms with Gasteiger partial charge in [-0.1, -0.05) is 0 Å². The highest BCUT2D eigenvalue weighted by molar-refractivity contribution is 5.69. The molecule has 1 aromatic rings. The number of ether oxygens (including phenoxy) is 1. The van der Waals surface area contributed by atoms with Crippen LogP contribution in [-0.4, -0.2) is 30.8 Å². The van der Waals surface area contributed by atoms with E-state index in [0.29, 0.717) is 5.69 Å². The summed E-state index contributed by atoms with van der Waals surface area (Å²) in [6, 6.07) is 4.56. The summed E-state index contributed by atoms with van der Waals surface area (Å²) in [5.74, 6) is -1.18. The van der Waals surface area contributed by atoms with Crippen LogP contribution in [0.3, 0.4) is 0 Å². The molecule has 1 N–H and O–H groups in total. The summed E-state index contributed by atoms with van der Waals surface area (Å²) in [5, 5.41) is 8.86. The number of benzene rings is 1. The molecule has 0 amide bonds. The van der Waals surface area contributed by atoms with Crippen molar-refractivity contribution < 1.29 is 19.0 Å². The average Bonchev–Trinajstić information content (AvgIpc) is 2.26. The molecule has 0 bridgehead atoms. The van der Waals surface area contributed by atoms with Gasteiger partial charge in [-0.15, -0.1) is 0 Å². The van der Waals surface area contributed by atoms with E-state index in [0.717, 1.165) is 0 Å². The molecule has 100 valence electrons. The van der Waals surface area contributed by atoms with E-state index in [1.807, 2.05) is 0 Å². The number of carboxylic acids is 1. The lowest BCUT2D eigenvalue weighted by Crippen LogP contribution is -2.43. The van der Waals surface area contributed by atoms with Gasteiger partial charge in [0.25, 0.3) is 0 Å². The first-order valence-corrected chi connectivity index (χ1v) is 5.57. The van der Waals surface area contributed by atoms with Gasteiger partial charge in [0.15, 0.2) is 11.6 Å². The Morgan fingerprint density at radius 1 is 1.50 bits per heavy atom. The highest BCUT2D eigenvalue weighted by Crippen LogP contribution is 2.28. The number of anilines is 1. The van der Waals surface area contributed by atoms with Gasteiger partial charge in [-0.05, 0) is 26.0 Å². The molecule has 0 spiro atoms. The quantitative estimate of drug-likeness (QED) is 0.878. The van der Waals surface area contributed by atoms with Crippen molar-refractivity contribution in [3.63, 3.8) is 0 Å². The number of halogens is 1. The van der Waals surface area contributed by atoms with Crippen LogP contribution in [0.4, 0.5) is 10.1 Å². The maximum Gasteiger partial charge on any atom is 0.305 e. The van der Waals surface area contributed by atoms with E-state index in [-0.39, 0.29) is 12.2 Å². The van der Waals surface area contributed by atoms with Gasteiger partial charge in [0.05, 0.1) is 13.5 Å². The Balaban J connectivity index is 2.99. The predicted molar refractivity (Wildman–Crippen MR) is 67.7 cm³/mol. The SMILES string of the molecule is COc1ccc(N(C)C(C)(C)CC(=O)O)cc1F. The molecular formula is C13H18FNO3. The van der Waals surface area contributed by atoms with E-state index in [1.165, 1.54) is 19.2 Å². The molecule has 0 saturated heterocycles. The Hall–Kier alpha value is -1.78. The number of nitrogens with zero attached hydrogens (tertiary/aromatic N) is 1. The van der Waals surface area contributed by atoms with Crippen molar-refractivity contribution in [2.45, 2.75) is 25.8 Å². The molecule has 0 atom stereocenters. The van der Waals surface area contributed by atoms with Crippen LogP contribution >= 0.6 is 0 Å². The second-order valence-electron chi connectivity index (χ2n) is 4.76. The molecule has 0 aliphatic carbocycles. The van der Waals surface area contributed by atoms with Gasteiger partial charge in [-0.25, -0.2) is 4.39 Å². The fourth-order valence-electron chi connectivity index (χ4n) is 1.70. The maximum atomic E-state index is 13.6. The Labute approximate surface area is 106 Å². The molecule has 4 nitrogen and oxygen atoms in total. The zero-order valence-corrected chi connectivity index (χ0v) is 11.0.